The van der Waals surface area contributed by atoms with Gasteiger partial charge >= 0.3 is 0 Å². The predicted octanol–water partition coefficient (Wildman–Crippen LogP) is 3.46. The van der Waals surface area contributed by atoms with E-state index in [1.165, 1.54) is 0 Å². The third-order valence-electron chi connectivity index (χ3n) is 2.51. The number of hydrogen-bond donors (Lipinski definition) is 0. The Kier molecular flexibility index (Phi) is 3.38. The summed E-state index contributed by atoms with van der Waals surface area (Å²) in [6.07, 6.45) is 1.55. The number of nitrogens with zero attached hydrogens (tertiary/aromatic N) is 1. The molecular weight excluding hydrogens is 234 g/mol. The molecule has 0 fully saturated rings. The van der Waals surface area contributed by atoms with Crippen molar-refractivity contribution in [1.29, 1.82) is 0 Å². The molecular formula is C14H10ClNO. The van der Waals surface area contributed by atoms with Crippen LogP contribution < -0.4 is 0 Å². The van der Waals surface area contributed by atoms with Crippen LogP contribution in [-0.4, -0.2) is 6.08 Å². The number of halogens is 1. The molecule has 2 rings (SSSR count). The summed E-state index contributed by atoms with van der Waals surface area (Å²) in [5.41, 5.74) is 1.49. The Bertz CT molecular complexity index is 493. The average molecular weight is 244 g/mol. The average Bonchev–Trinajstić information content (AvgIpc) is 2.41. The maximum absolute atomic E-state index is 10.6. The van der Waals surface area contributed by atoms with Crippen molar-refractivity contribution < 1.29 is 4.79 Å². The van der Waals surface area contributed by atoms with E-state index in [0.29, 0.717) is 0 Å². The van der Waals surface area contributed by atoms with Crippen LogP contribution in [-0.2, 0) is 9.79 Å². The van der Waals surface area contributed by atoms with Gasteiger partial charge in [-0.1, -0.05) is 72.3 Å². The fourth-order valence-electron chi connectivity index (χ4n) is 1.68. The minimum absolute atomic E-state index is 0.746. The smallest absolute Gasteiger partial charge is 0.211 e. The molecule has 0 N–H and O–H groups in total. The minimum atomic E-state index is -1.19. The molecule has 0 saturated carbocycles. The number of hydrogen-bond acceptors (Lipinski definition) is 2. The van der Waals surface area contributed by atoms with E-state index in [1.807, 2.05) is 60.7 Å². The van der Waals surface area contributed by atoms with E-state index in [9.17, 15) is 4.79 Å². The molecule has 84 valence electrons. The van der Waals surface area contributed by atoms with E-state index in [0.717, 1.165) is 11.1 Å². The summed E-state index contributed by atoms with van der Waals surface area (Å²) in [5.74, 6) is 0. The molecule has 0 spiro atoms. The summed E-state index contributed by atoms with van der Waals surface area (Å²) in [6, 6.07) is 18.5. The Balaban J connectivity index is 2.59. The van der Waals surface area contributed by atoms with Crippen molar-refractivity contribution in [3.05, 3.63) is 71.8 Å². The minimum Gasteiger partial charge on any atom is -0.211 e. The molecule has 0 bridgehead atoms. The van der Waals surface area contributed by atoms with Crippen molar-refractivity contribution in [3.63, 3.8) is 0 Å². The van der Waals surface area contributed by atoms with Crippen molar-refractivity contribution >= 4 is 17.7 Å². The topological polar surface area (TPSA) is 29.4 Å². The SMILES string of the molecule is O=C=NC(Cl)(c1ccccc1)c1ccccc1. The maximum atomic E-state index is 10.6. The normalized spacial score (nSPS) is 10.6. The Hall–Kier alpha value is -1.89. The van der Waals surface area contributed by atoms with E-state index >= 15 is 0 Å². The van der Waals surface area contributed by atoms with E-state index in [1.54, 1.807) is 6.08 Å². The van der Waals surface area contributed by atoms with E-state index < -0.39 is 5.00 Å². The highest BCUT2D eigenvalue weighted by Crippen LogP contribution is 2.37. The van der Waals surface area contributed by atoms with Crippen LogP contribution >= 0.6 is 11.6 Å². The largest absolute Gasteiger partial charge is 0.237 e. The van der Waals surface area contributed by atoms with Gasteiger partial charge in [-0.05, 0) is 11.1 Å². The highest BCUT2D eigenvalue weighted by molar-refractivity contribution is 6.26. The highest BCUT2D eigenvalue weighted by atomic mass is 35.5. The summed E-state index contributed by atoms with van der Waals surface area (Å²) in [4.78, 5) is 13.2. The Morgan fingerprint density at radius 2 is 1.29 bits per heavy atom. The van der Waals surface area contributed by atoms with Gasteiger partial charge in [0.25, 0.3) is 0 Å². The van der Waals surface area contributed by atoms with Gasteiger partial charge in [-0.2, -0.15) is 4.99 Å². The summed E-state index contributed by atoms with van der Waals surface area (Å²) in [5, 5.41) is 0. The monoisotopic (exact) mass is 243 g/mol. The lowest BCUT2D eigenvalue weighted by molar-refractivity contribution is 0.558. The maximum Gasteiger partial charge on any atom is 0.237 e. The Labute approximate surface area is 105 Å². The van der Waals surface area contributed by atoms with Crippen LogP contribution in [0.5, 0.6) is 0 Å². The van der Waals surface area contributed by atoms with Gasteiger partial charge in [-0.15, -0.1) is 0 Å². The van der Waals surface area contributed by atoms with Crippen molar-refractivity contribution in [2.24, 2.45) is 4.99 Å². The van der Waals surface area contributed by atoms with Gasteiger partial charge in [0.15, 0.2) is 5.00 Å². The van der Waals surface area contributed by atoms with Gasteiger partial charge in [0.05, 0.1) is 0 Å². The van der Waals surface area contributed by atoms with Gasteiger partial charge < -0.3 is 0 Å². The predicted molar refractivity (Wildman–Crippen MR) is 67.6 cm³/mol. The van der Waals surface area contributed by atoms with Gasteiger partial charge in [0.2, 0.25) is 6.08 Å². The summed E-state index contributed by atoms with van der Waals surface area (Å²) in [6.45, 7) is 0. The lowest BCUT2D eigenvalue weighted by Gasteiger charge is -2.21. The summed E-state index contributed by atoms with van der Waals surface area (Å²) in [7, 11) is 0. The zero-order chi connectivity index (χ0) is 12.1. The van der Waals surface area contributed by atoms with Crippen LogP contribution in [0.1, 0.15) is 11.1 Å². The zero-order valence-electron chi connectivity index (χ0n) is 9.01. The first-order valence-corrected chi connectivity index (χ1v) is 5.54. The van der Waals surface area contributed by atoms with Crippen LogP contribution in [0.15, 0.2) is 65.7 Å². The first-order chi connectivity index (χ1) is 8.27. The molecule has 0 aromatic heterocycles. The van der Waals surface area contributed by atoms with Crippen molar-refractivity contribution in [2.45, 2.75) is 5.00 Å². The van der Waals surface area contributed by atoms with Gasteiger partial charge in [-0.3, -0.25) is 0 Å². The van der Waals surface area contributed by atoms with Gasteiger partial charge in [0.1, 0.15) is 0 Å². The number of alkyl halides is 1. The van der Waals surface area contributed by atoms with Crippen LogP contribution in [0.4, 0.5) is 0 Å². The summed E-state index contributed by atoms with van der Waals surface area (Å²) < 4.78 is 0. The molecule has 2 aromatic rings. The van der Waals surface area contributed by atoms with Crippen LogP contribution in [0, 0.1) is 0 Å². The lowest BCUT2D eigenvalue weighted by atomic mass is 9.99. The van der Waals surface area contributed by atoms with Crippen LogP contribution in [0.25, 0.3) is 0 Å². The van der Waals surface area contributed by atoms with Crippen LogP contribution in [0.3, 0.4) is 0 Å². The third kappa shape index (κ3) is 2.28. The quantitative estimate of drug-likeness (QED) is 0.351. The van der Waals surface area contributed by atoms with E-state index in [2.05, 4.69) is 4.99 Å². The van der Waals surface area contributed by atoms with E-state index in [-0.39, 0.29) is 0 Å². The molecule has 0 unspecified atom stereocenters. The number of aliphatic imine (C=N–C) groups is 1. The highest BCUT2D eigenvalue weighted by Gasteiger charge is 2.31. The van der Waals surface area contributed by atoms with Crippen LogP contribution in [0.2, 0.25) is 0 Å². The molecule has 0 atom stereocenters. The summed E-state index contributed by atoms with van der Waals surface area (Å²) >= 11 is 6.46. The van der Waals surface area contributed by atoms with Gasteiger partial charge in [-0.25, -0.2) is 4.79 Å². The zero-order valence-corrected chi connectivity index (χ0v) is 9.76. The molecule has 2 nitrogen and oxygen atoms in total. The molecule has 2 aromatic carbocycles. The fourth-order valence-corrected chi connectivity index (χ4v) is 1.96. The molecule has 0 radical (unpaired) electrons. The molecule has 0 saturated heterocycles. The molecule has 0 aliphatic heterocycles. The first kappa shape index (κ1) is 11.6. The molecule has 0 aliphatic rings. The van der Waals surface area contributed by atoms with E-state index in [4.69, 9.17) is 11.6 Å². The second-order valence-corrected chi connectivity index (χ2v) is 4.10. The van der Waals surface area contributed by atoms with Crippen molar-refractivity contribution in [1.82, 2.24) is 0 Å². The second-order valence-electron chi connectivity index (χ2n) is 3.56. The number of benzene rings is 2. The van der Waals surface area contributed by atoms with Gasteiger partial charge in [0, 0.05) is 0 Å². The first-order valence-electron chi connectivity index (χ1n) is 5.16. The Morgan fingerprint density at radius 3 is 1.65 bits per heavy atom. The number of carbonyl (C=O) groups excluding carboxylic acids is 1. The Morgan fingerprint density at radius 1 is 0.882 bits per heavy atom. The fraction of sp³-hybridized carbons (Fsp3) is 0.0714. The molecule has 0 amide bonds. The van der Waals surface area contributed by atoms with Crippen molar-refractivity contribution in [3.8, 4) is 0 Å². The molecule has 3 heteroatoms. The standard InChI is InChI=1S/C14H10ClNO/c15-14(16-11-17,12-7-3-1-4-8-12)13-9-5-2-6-10-13/h1-10H. The molecule has 0 heterocycles. The number of isocyanates is 1. The third-order valence-corrected chi connectivity index (χ3v) is 3.03. The lowest BCUT2D eigenvalue weighted by Crippen LogP contribution is -2.17. The van der Waals surface area contributed by atoms with Crippen molar-refractivity contribution in [2.75, 3.05) is 0 Å². The second kappa shape index (κ2) is 4.96. The molecule has 0 aliphatic carbocycles. The number of rotatable bonds is 3. The molecule has 17 heavy (non-hydrogen) atoms.